The van der Waals surface area contributed by atoms with E-state index in [0.29, 0.717) is 24.2 Å². The lowest BCUT2D eigenvalue weighted by Gasteiger charge is -2.38. The minimum Gasteiger partial charge on any atom is -0.466 e. The molecule has 1 aliphatic rings. The van der Waals surface area contributed by atoms with Crippen LogP contribution in [0.25, 0.3) is 10.9 Å². The van der Waals surface area contributed by atoms with E-state index in [2.05, 4.69) is 16.4 Å². The number of carbonyl (C=O) groups is 1. The number of aliphatic hydroxyl groups excluding tert-OH is 1. The standard InChI is InChI=1S/C21H22N2O3/c1-12-7-18(13(2)26-12)21(25)23-20(15-9-17(24)10-15)16-8-14-5-3-4-6-19(14)22-11-16/h3-8,11,15,17,20,24H,9-10H2,1-2H3,(H,23,25). The molecular formula is C21H22N2O3. The summed E-state index contributed by atoms with van der Waals surface area (Å²) in [6.07, 6.45) is 2.90. The second-order valence-electron chi connectivity index (χ2n) is 7.12. The van der Waals surface area contributed by atoms with Crippen LogP contribution in [0.1, 0.15) is 46.3 Å². The molecule has 1 atom stereocenters. The second kappa shape index (κ2) is 6.57. The zero-order chi connectivity index (χ0) is 18.3. The zero-order valence-corrected chi connectivity index (χ0v) is 14.9. The molecule has 0 spiro atoms. The highest BCUT2D eigenvalue weighted by Gasteiger charge is 2.36. The van der Waals surface area contributed by atoms with Crippen molar-refractivity contribution in [2.24, 2.45) is 5.92 Å². The molecule has 2 heterocycles. The highest BCUT2D eigenvalue weighted by molar-refractivity contribution is 5.95. The lowest BCUT2D eigenvalue weighted by molar-refractivity contribution is 0.0235. The lowest BCUT2D eigenvalue weighted by Crippen LogP contribution is -2.41. The highest BCUT2D eigenvalue weighted by Crippen LogP contribution is 2.38. The summed E-state index contributed by atoms with van der Waals surface area (Å²) >= 11 is 0. The fraction of sp³-hybridized carbons (Fsp3) is 0.333. The number of pyridine rings is 1. The Morgan fingerprint density at radius 3 is 2.73 bits per heavy atom. The van der Waals surface area contributed by atoms with Gasteiger partial charge in [0.05, 0.1) is 23.2 Å². The van der Waals surface area contributed by atoms with Crippen LogP contribution in [0.5, 0.6) is 0 Å². The average molecular weight is 350 g/mol. The molecule has 0 saturated heterocycles. The molecule has 0 bridgehead atoms. The van der Waals surface area contributed by atoms with Crippen molar-refractivity contribution in [1.29, 1.82) is 0 Å². The van der Waals surface area contributed by atoms with E-state index in [0.717, 1.165) is 22.2 Å². The number of rotatable bonds is 4. The van der Waals surface area contributed by atoms with Crippen LogP contribution >= 0.6 is 0 Å². The van der Waals surface area contributed by atoms with Gasteiger partial charge in [-0.05, 0) is 56.4 Å². The quantitative estimate of drug-likeness (QED) is 0.752. The Morgan fingerprint density at radius 1 is 1.27 bits per heavy atom. The largest absolute Gasteiger partial charge is 0.466 e. The molecule has 5 nitrogen and oxygen atoms in total. The van der Waals surface area contributed by atoms with E-state index in [-0.39, 0.29) is 24.0 Å². The van der Waals surface area contributed by atoms with Gasteiger partial charge >= 0.3 is 0 Å². The number of aryl methyl sites for hydroxylation is 2. The van der Waals surface area contributed by atoms with Crippen molar-refractivity contribution in [2.75, 3.05) is 0 Å². The number of nitrogens with zero attached hydrogens (tertiary/aromatic N) is 1. The molecule has 1 aromatic carbocycles. The predicted octanol–water partition coefficient (Wildman–Crippen LogP) is 3.69. The fourth-order valence-electron chi connectivity index (χ4n) is 3.71. The Kier molecular flexibility index (Phi) is 4.24. The van der Waals surface area contributed by atoms with E-state index >= 15 is 0 Å². The number of furan rings is 1. The van der Waals surface area contributed by atoms with Gasteiger partial charge in [0.25, 0.3) is 5.91 Å². The number of hydrogen-bond donors (Lipinski definition) is 2. The Balaban J connectivity index is 1.65. The first-order chi connectivity index (χ1) is 12.5. The number of hydrogen-bond acceptors (Lipinski definition) is 4. The zero-order valence-electron chi connectivity index (χ0n) is 14.9. The van der Waals surface area contributed by atoms with Crippen molar-refractivity contribution in [2.45, 2.75) is 38.8 Å². The minimum atomic E-state index is -0.286. The molecule has 1 fully saturated rings. The van der Waals surface area contributed by atoms with Crippen LogP contribution in [0.15, 0.2) is 47.0 Å². The summed E-state index contributed by atoms with van der Waals surface area (Å²) in [4.78, 5) is 17.3. The molecule has 134 valence electrons. The van der Waals surface area contributed by atoms with Gasteiger partial charge in [0.15, 0.2) is 0 Å². The van der Waals surface area contributed by atoms with Gasteiger partial charge < -0.3 is 14.8 Å². The SMILES string of the molecule is Cc1cc(C(=O)NC(c2cnc3ccccc3c2)C2CC(O)C2)c(C)o1. The molecule has 26 heavy (non-hydrogen) atoms. The number of amides is 1. The molecule has 1 aliphatic carbocycles. The smallest absolute Gasteiger partial charge is 0.255 e. The van der Waals surface area contributed by atoms with Gasteiger partial charge in [-0.2, -0.15) is 0 Å². The van der Waals surface area contributed by atoms with Crippen LogP contribution in [0.4, 0.5) is 0 Å². The van der Waals surface area contributed by atoms with Crippen molar-refractivity contribution < 1.29 is 14.3 Å². The van der Waals surface area contributed by atoms with E-state index in [9.17, 15) is 9.90 Å². The average Bonchev–Trinajstić information content (AvgIpc) is 2.95. The monoisotopic (exact) mass is 350 g/mol. The number of benzene rings is 1. The highest BCUT2D eigenvalue weighted by atomic mass is 16.3. The number of aromatic nitrogens is 1. The maximum absolute atomic E-state index is 12.8. The van der Waals surface area contributed by atoms with E-state index in [1.807, 2.05) is 37.4 Å². The molecular weight excluding hydrogens is 328 g/mol. The van der Waals surface area contributed by atoms with Gasteiger partial charge in [-0.3, -0.25) is 9.78 Å². The lowest BCUT2D eigenvalue weighted by atomic mass is 9.75. The van der Waals surface area contributed by atoms with E-state index < -0.39 is 0 Å². The number of fused-ring (bicyclic) bond motifs is 1. The summed E-state index contributed by atoms with van der Waals surface area (Å²) in [5.41, 5.74) is 2.45. The van der Waals surface area contributed by atoms with E-state index in [4.69, 9.17) is 4.42 Å². The molecule has 2 aromatic heterocycles. The molecule has 1 amide bonds. The first kappa shape index (κ1) is 16.8. The maximum atomic E-state index is 12.8. The van der Waals surface area contributed by atoms with E-state index in [1.165, 1.54) is 0 Å². The first-order valence-electron chi connectivity index (χ1n) is 8.92. The first-order valence-corrected chi connectivity index (χ1v) is 8.92. The topological polar surface area (TPSA) is 75.4 Å². The summed E-state index contributed by atoms with van der Waals surface area (Å²) < 4.78 is 5.49. The van der Waals surface area contributed by atoms with Gasteiger partial charge in [-0.1, -0.05) is 18.2 Å². The summed E-state index contributed by atoms with van der Waals surface area (Å²) in [5, 5.41) is 13.9. The Labute approximate surface area is 152 Å². The fourth-order valence-corrected chi connectivity index (χ4v) is 3.71. The van der Waals surface area contributed by atoms with Crippen LogP contribution in [-0.2, 0) is 0 Å². The number of para-hydroxylation sites is 1. The summed E-state index contributed by atoms with van der Waals surface area (Å²) in [5.74, 6) is 1.38. The number of carbonyl (C=O) groups excluding carboxylic acids is 1. The normalized spacial score (nSPS) is 20.6. The third kappa shape index (κ3) is 3.10. The van der Waals surface area contributed by atoms with Crippen molar-refractivity contribution >= 4 is 16.8 Å². The predicted molar refractivity (Wildman–Crippen MR) is 98.9 cm³/mol. The molecule has 1 unspecified atom stereocenters. The van der Waals surface area contributed by atoms with Crippen molar-refractivity contribution in [3.05, 3.63) is 65.2 Å². The minimum absolute atomic E-state index is 0.154. The van der Waals surface area contributed by atoms with Crippen molar-refractivity contribution in [1.82, 2.24) is 10.3 Å². The van der Waals surface area contributed by atoms with Crippen LogP contribution in [0.2, 0.25) is 0 Å². The van der Waals surface area contributed by atoms with Gasteiger partial charge in [-0.25, -0.2) is 0 Å². The summed E-state index contributed by atoms with van der Waals surface area (Å²) in [6, 6.07) is 11.6. The molecule has 4 rings (SSSR count). The molecule has 0 radical (unpaired) electrons. The second-order valence-corrected chi connectivity index (χ2v) is 7.12. The number of nitrogens with one attached hydrogen (secondary N) is 1. The van der Waals surface area contributed by atoms with Crippen molar-refractivity contribution in [3.63, 3.8) is 0 Å². The molecule has 3 aromatic rings. The third-order valence-electron chi connectivity index (χ3n) is 5.16. The molecule has 5 heteroatoms. The van der Waals surface area contributed by atoms with Crippen LogP contribution < -0.4 is 5.32 Å². The third-order valence-corrected chi connectivity index (χ3v) is 5.16. The van der Waals surface area contributed by atoms with Gasteiger partial charge in [-0.15, -0.1) is 0 Å². The molecule has 2 N–H and O–H groups in total. The Bertz CT molecular complexity index is 957. The van der Waals surface area contributed by atoms with Crippen LogP contribution in [0, 0.1) is 19.8 Å². The summed E-state index contributed by atoms with van der Waals surface area (Å²) in [6.45, 7) is 3.62. The van der Waals surface area contributed by atoms with Crippen LogP contribution in [0.3, 0.4) is 0 Å². The number of aliphatic hydroxyl groups is 1. The van der Waals surface area contributed by atoms with Gasteiger partial charge in [0.1, 0.15) is 11.5 Å². The van der Waals surface area contributed by atoms with Gasteiger partial charge in [0.2, 0.25) is 0 Å². The molecule has 0 aliphatic heterocycles. The van der Waals surface area contributed by atoms with Crippen LogP contribution in [-0.4, -0.2) is 22.1 Å². The summed E-state index contributed by atoms with van der Waals surface area (Å²) in [7, 11) is 0. The maximum Gasteiger partial charge on any atom is 0.255 e. The molecule has 1 saturated carbocycles. The van der Waals surface area contributed by atoms with Crippen molar-refractivity contribution in [3.8, 4) is 0 Å². The Morgan fingerprint density at radius 2 is 2.04 bits per heavy atom. The van der Waals surface area contributed by atoms with Gasteiger partial charge in [0, 0.05) is 11.6 Å². The Hall–Kier alpha value is -2.66. The van der Waals surface area contributed by atoms with E-state index in [1.54, 1.807) is 13.0 Å².